The van der Waals surface area contributed by atoms with Crippen molar-refractivity contribution < 1.29 is 23.5 Å². The van der Waals surface area contributed by atoms with Gasteiger partial charge in [0, 0.05) is 6.54 Å². The first-order chi connectivity index (χ1) is 11.9. The molecule has 8 heteroatoms. The summed E-state index contributed by atoms with van der Waals surface area (Å²) in [6.45, 7) is 4.66. The molecule has 2 heterocycles. The Labute approximate surface area is 144 Å². The van der Waals surface area contributed by atoms with Gasteiger partial charge in [-0.05, 0) is 38.1 Å². The van der Waals surface area contributed by atoms with Crippen LogP contribution in [0.2, 0.25) is 0 Å². The summed E-state index contributed by atoms with van der Waals surface area (Å²) < 4.78 is 18.5. The van der Waals surface area contributed by atoms with Crippen LogP contribution in [0.5, 0.6) is 0 Å². The average Bonchev–Trinajstić information content (AvgIpc) is 2.84. The van der Waals surface area contributed by atoms with Gasteiger partial charge in [0.1, 0.15) is 11.9 Å². The number of ether oxygens (including phenoxy) is 1. The largest absolute Gasteiger partial charge is 0.375 e. The number of anilines is 1. The Hall–Kier alpha value is -2.48. The van der Waals surface area contributed by atoms with Crippen LogP contribution in [0.1, 0.15) is 20.3 Å². The fourth-order valence-electron chi connectivity index (χ4n) is 3.05. The number of amides is 4. The number of imide groups is 1. The average molecular weight is 349 g/mol. The molecule has 2 fully saturated rings. The molecule has 2 saturated heterocycles. The number of carbonyl (C=O) groups is 3. The van der Waals surface area contributed by atoms with Crippen LogP contribution in [0.25, 0.3) is 0 Å². The molecule has 0 unspecified atom stereocenters. The summed E-state index contributed by atoms with van der Waals surface area (Å²) in [5, 5.41) is 2.53. The number of nitrogens with one attached hydrogen (secondary N) is 1. The van der Waals surface area contributed by atoms with Crippen molar-refractivity contribution in [3.63, 3.8) is 0 Å². The van der Waals surface area contributed by atoms with Crippen LogP contribution in [-0.2, 0) is 14.3 Å². The van der Waals surface area contributed by atoms with Crippen molar-refractivity contribution in [2.24, 2.45) is 0 Å². The topological polar surface area (TPSA) is 79.0 Å². The molecule has 0 bridgehead atoms. The van der Waals surface area contributed by atoms with Gasteiger partial charge in [-0.2, -0.15) is 0 Å². The van der Waals surface area contributed by atoms with Gasteiger partial charge >= 0.3 is 6.03 Å². The lowest BCUT2D eigenvalue weighted by atomic mass is 10.1. The van der Waals surface area contributed by atoms with E-state index in [1.54, 1.807) is 4.90 Å². The molecule has 0 aromatic heterocycles. The first-order valence-electron chi connectivity index (χ1n) is 8.18. The van der Waals surface area contributed by atoms with E-state index in [1.165, 1.54) is 24.3 Å². The lowest BCUT2D eigenvalue weighted by Crippen LogP contribution is -2.51. The molecule has 0 aliphatic carbocycles. The fourth-order valence-corrected chi connectivity index (χ4v) is 3.05. The van der Waals surface area contributed by atoms with Crippen LogP contribution in [0, 0.1) is 5.82 Å². The van der Waals surface area contributed by atoms with Gasteiger partial charge in [0.2, 0.25) is 5.91 Å². The summed E-state index contributed by atoms with van der Waals surface area (Å²) in [6, 6.07) is 3.43. The van der Waals surface area contributed by atoms with Crippen molar-refractivity contribution in [3.8, 4) is 0 Å². The maximum Gasteiger partial charge on any atom is 0.329 e. The molecule has 2 aliphatic rings. The fraction of sp³-hybridized carbons (Fsp3) is 0.471. The molecule has 1 N–H and O–H groups in total. The Morgan fingerprint density at radius 1 is 1.28 bits per heavy atom. The number of benzene rings is 1. The van der Waals surface area contributed by atoms with Gasteiger partial charge in [0.25, 0.3) is 5.91 Å². The zero-order chi connectivity index (χ0) is 18.1. The van der Waals surface area contributed by atoms with E-state index in [9.17, 15) is 18.8 Å². The van der Waals surface area contributed by atoms with E-state index in [1.807, 2.05) is 13.8 Å². The molecular formula is C17H20FN3O4. The Kier molecular flexibility index (Phi) is 4.71. The molecule has 4 amide bonds. The van der Waals surface area contributed by atoms with Crippen molar-refractivity contribution in [1.82, 2.24) is 10.2 Å². The summed E-state index contributed by atoms with van der Waals surface area (Å²) in [5.74, 6) is -1.18. The zero-order valence-electron chi connectivity index (χ0n) is 14.1. The maximum atomic E-state index is 13.0. The Morgan fingerprint density at radius 2 is 1.96 bits per heavy atom. The minimum Gasteiger partial charge on any atom is -0.375 e. The van der Waals surface area contributed by atoms with E-state index in [2.05, 4.69) is 5.32 Å². The predicted molar refractivity (Wildman–Crippen MR) is 87.4 cm³/mol. The van der Waals surface area contributed by atoms with Crippen molar-refractivity contribution in [2.45, 2.75) is 38.5 Å². The second-order valence-corrected chi connectivity index (χ2v) is 6.40. The van der Waals surface area contributed by atoms with Crippen LogP contribution in [0.4, 0.5) is 14.9 Å². The highest BCUT2D eigenvalue weighted by Gasteiger charge is 2.41. The first-order valence-corrected chi connectivity index (χ1v) is 8.18. The molecule has 1 aromatic carbocycles. The third kappa shape index (κ3) is 3.48. The third-order valence-corrected chi connectivity index (χ3v) is 4.41. The quantitative estimate of drug-likeness (QED) is 0.834. The second-order valence-electron chi connectivity index (χ2n) is 6.40. The molecule has 0 radical (unpaired) electrons. The highest BCUT2D eigenvalue weighted by Crippen LogP contribution is 2.22. The lowest BCUT2D eigenvalue weighted by Gasteiger charge is -2.37. The number of hydrogen-bond donors (Lipinski definition) is 1. The SMILES string of the molecule is C[C@@H]1CN(C(=O)C[C@@H]2NC(=O)N(c3ccc(F)cc3)C2=O)[C@H](C)CO1. The molecule has 3 atom stereocenters. The van der Waals surface area contributed by atoms with E-state index in [-0.39, 0.29) is 30.2 Å². The summed E-state index contributed by atoms with van der Waals surface area (Å²) in [6.07, 6.45) is -0.177. The maximum absolute atomic E-state index is 13.0. The van der Waals surface area contributed by atoms with Gasteiger partial charge in [0.05, 0.1) is 30.9 Å². The smallest absolute Gasteiger partial charge is 0.329 e. The summed E-state index contributed by atoms with van der Waals surface area (Å²) in [7, 11) is 0. The number of morpholine rings is 1. The number of halogens is 1. The van der Waals surface area contributed by atoms with Crippen molar-refractivity contribution in [2.75, 3.05) is 18.1 Å². The van der Waals surface area contributed by atoms with Crippen molar-refractivity contribution >= 4 is 23.5 Å². The minimum absolute atomic E-state index is 0.0651. The first kappa shape index (κ1) is 17.3. The highest BCUT2D eigenvalue weighted by atomic mass is 19.1. The zero-order valence-corrected chi connectivity index (χ0v) is 14.1. The van der Waals surface area contributed by atoms with Crippen LogP contribution in [0.15, 0.2) is 24.3 Å². The Morgan fingerprint density at radius 3 is 2.64 bits per heavy atom. The van der Waals surface area contributed by atoms with Crippen LogP contribution < -0.4 is 10.2 Å². The van der Waals surface area contributed by atoms with Crippen molar-refractivity contribution in [3.05, 3.63) is 30.1 Å². The summed E-state index contributed by atoms with van der Waals surface area (Å²) >= 11 is 0. The third-order valence-electron chi connectivity index (χ3n) is 4.41. The van der Waals surface area contributed by atoms with Crippen LogP contribution in [0.3, 0.4) is 0 Å². The second kappa shape index (κ2) is 6.79. The number of urea groups is 1. The summed E-state index contributed by atoms with van der Waals surface area (Å²) in [5.41, 5.74) is 0.271. The molecule has 7 nitrogen and oxygen atoms in total. The standard InChI is InChI=1S/C17H20FN3O4/c1-10-9-25-11(2)8-20(10)15(22)7-14-16(23)21(17(24)19-14)13-5-3-12(18)4-6-13/h3-6,10-11,14H,7-9H2,1-2H3,(H,19,24)/t10-,11-,14+/m1/s1. The molecular weight excluding hydrogens is 329 g/mol. The molecule has 1 aromatic rings. The van der Waals surface area contributed by atoms with Gasteiger partial charge in [-0.15, -0.1) is 0 Å². The van der Waals surface area contributed by atoms with E-state index in [0.717, 1.165) is 4.90 Å². The molecule has 0 spiro atoms. The molecule has 134 valence electrons. The number of nitrogens with zero attached hydrogens (tertiary/aromatic N) is 2. The Bertz CT molecular complexity index is 694. The van der Waals surface area contributed by atoms with Crippen LogP contribution >= 0.6 is 0 Å². The molecule has 25 heavy (non-hydrogen) atoms. The van der Waals surface area contributed by atoms with E-state index in [0.29, 0.717) is 13.2 Å². The number of rotatable bonds is 3. The van der Waals surface area contributed by atoms with E-state index >= 15 is 0 Å². The lowest BCUT2D eigenvalue weighted by molar-refractivity contribution is -0.144. The van der Waals surface area contributed by atoms with Gasteiger partial charge in [-0.3, -0.25) is 9.59 Å². The van der Waals surface area contributed by atoms with Crippen LogP contribution in [-0.4, -0.2) is 54.1 Å². The molecule has 0 saturated carbocycles. The number of carbonyl (C=O) groups excluding carboxylic acids is 3. The van der Waals surface area contributed by atoms with E-state index in [4.69, 9.17) is 4.74 Å². The predicted octanol–water partition coefficient (Wildman–Crippen LogP) is 1.28. The normalized spacial score (nSPS) is 26.8. The minimum atomic E-state index is -0.921. The highest BCUT2D eigenvalue weighted by molar-refractivity contribution is 6.22. The van der Waals surface area contributed by atoms with Gasteiger partial charge < -0.3 is 15.0 Å². The molecule has 3 rings (SSSR count). The Balaban J connectivity index is 1.69. The monoisotopic (exact) mass is 349 g/mol. The van der Waals surface area contributed by atoms with Gasteiger partial charge in [-0.25, -0.2) is 14.1 Å². The van der Waals surface area contributed by atoms with Gasteiger partial charge in [0.15, 0.2) is 0 Å². The van der Waals surface area contributed by atoms with E-state index < -0.39 is 23.8 Å². The van der Waals surface area contributed by atoms with Gasteiger partial charge in [-0.1, -0.05) is 0 Å². The van der Waals surface area contributed by atoms with Crippen molar-refractivity contribution in [1.29, 1.82) is 0 Å². The molecule has 2 aliphatic heterocycles. The number of hydrogen-bond acceptors (Lipinski definition) is 4. The summed E-state index contributed by atoms with van der Waals surface area (Å²) in [4.78, 5) is 39.8.